The van der Waals surface area contributed by atoms with Crippen molar-refractivity contribution in [3.8, 4) is 0 Å². The van der Waals surface area contributed by atoms with Crippen LogP contribution >= 0.6 is 0 Å². The number of ether oxygens (including phenoxy) is 1. The van der Waals surface area contributed by atoms with Crippen molar-refractivity contribution in [1.29, 1.82) is 0 Å². The first-order chi connectivity index (χ1) is 19.2. The molecule has 0 bridgehead atoms. The molecule has 4 atom stereocenters. The highest BCUT2D eigenvalue weighted by atomic mass is 16.6. The molecule has 2 aromatic rings. The summed E-state index contributed by atoms with van der Waals surface area (Å²) in [5.74, 6) is -0.295. The second kappa shape index (κ2) is 15.6. The smallest absolute Gasteiger partial charge is 0.408 e. The average molecular weight is 566 g/mol. The van der Waals surface area contributed by atoms with Crippen molar-refractivity contribution < 1.29 is 19.1 Å². The summed E-state index contributed by atoms with van der Waals surface area (Å²) in [6.07, 6.45) is 1.63. The minimum Gasteiger partial charge on any atom is -0.444 e. The zero-order valence-electron chi connectivity index (χ0n) is 26.5. The molecule has 3 amide bonds. The highest BCUT2D eigenvalue weighted by Crippen LogP contribution is 2.29. The molecular weight excluding hydrogens is 514 g/mol. The largest absolute Gasteiger partial charge is 0.444 e. The van der Waals surface area contributed by atoms with E-state index in [9.17, 15) is 14.4 Å². The maximum Gasteiger partial charge on any atom is 0.408 e. The van der Waals surface area contributed by atoms with Crippen molar-refractivity contribution in [2.24, 2.45) is 11.8 Å². The number of carbonyl (C=O) groups is 3. The zero-order chi connectivity index (χ0) is 30.7. The molecule has 226 valence electrons. The summed E-state index contributed by atoms with van der Waals surface area (Å²) in [5, 5.41) is 5.94. The predicted octanol–water partition coefficient (Wildman–Crippen LogP) is 6.95. The van der Waals surface area contributed by atoms with Gasteiger partial charge in [-0.1, -0.05) is 94.3 Å². The quantitative estimate of drug-likeness (QED) is 0.275. The second-order valence-electron chi connectivity index (χ2n) is 12.6. The molecule has 0 aromatic heterocycles. The number of hydrogen-bond acceptors (Lipinski definition) is 4. The van der Waals surface area contributed by atoms with E-state index in [1.165, 1.54) is 0 Å². The van der Waals surface area contributed by atoms with Crippen LogP contribution in [0.25, 0.3) is 0 Å². The van der Waals surface area contributed by atoms with E-state index in [1.54, 1.807) is 25.7 Å². The normalized spacial score (nSPS) is 14.5. The number of hydrogen-bond donors (Lipinski definition) is 2. The van der Waals surface area contributed by atoms with Crippen molar-refractivity contribution in [2.45, 2.75) is 112 Å². The standard InChI is InChI=1S/C34H51N3O4/c1-10-25(5)29(36-33(40)41-34(7,8)9)32(39)37(26(6)20-19-23(2)3)30(28-18-14-15-24(4)21-28)31(38)35-22-27-16-12-11-13-17-27/h11-18,21,23,25-26,29-30H,10,19-20,22H2,1-9H3,(H,35,38)(H,36,40). The van der Waals surface area contributed by atoms with E-state index in [1.807, 2.05) is 82.3 Å². The molecule has 0 heterocycles. The molecule has 0 aliphatic rings. The highest BCUT2D eigenvalue weighted by molar-refractivity contribution is 5.92. The molecular formula is C34H51N3O4. The van der Waals surface area contributed by atoms with Crippen LogP contribution in [0.2, 0.25) is 0 Å². The van der Waals surface area contributed by atoms with E-state index >= 15 is 0 Å². The lowest BCUT2D eigenvalue weighted by molar-refractivity contribution is -0.146. The van der Waals surface area contributed by atoms with E-state index in [-0.39, 0.29) is 23.8 Å². The third-order valence-electron chi connectivity index (χ3n) is 7.24. The third-order valence-corrected chi connectivity index (χ3v) is 7.24. The Hall–Kier alpha value is -3.35. The molecule has 0 fully saturated rings. The lowest BCUT2D eigenvalue weighted by Gasteiger charge is -2.40. The maximum atomic E-state index is 14.6. The van der Waals surface area contributed by atoms with Crippen molar-refractivity contribution in [1.82, 2.24) is 15.5 Å². The van der Waals surface area contributed by atoms with Crippen molar-refractivity contribution >= 4 is 17.9 Å². The van der Waals surface area contributed by atoms with E-state index < -0.39 is 23.8 Å². The number of benzene rings is 2. The van der Waals surface area contributed by atoms with E-state index in [2.05, 4.69) is 24.5 Å². The van der Waals surface area contributed by atoms with Gasteiger partial charge in [0, 0.05) is 12.6 Å². The molecule has 0 aliphatic carbocycles. The van der Waals surface area contributed by atoms with Gasteiger partial charge in [-0.3, -0.25) is 9.59 Å². The van der Waals surface area contributed by atoms with Crippen LogP contribution in [0.1, 0.15) is 97.4 Å². The van der Waals surface area contributed by atoms with Gasteiger partial charge < -0.3 is 20.3 Å². The first-order valence-electron chi connectivity index (χ1n) is 14.9. The van der Waals surface area contributed by atoms with Crippen LogP contribution in [0.4, 0.5) is 4.79 Å². The summed E-state index contributed by atoms with van der Waals surface area (Å²) >= 11 is 0. The van der Waals surface area contributed by atoms with Crippen LogP contribution in [-0.4, -0.2) is 40.5 Å². The van der Waals surface area contributed by atoms with Gasteiger partial charge in [0.2, 0.25) is 11.8 Å². The summed E-state index contributed by atoms with van der Waals surface area (Å²) in [7, 11) is 0. The minimum absolute atomic E-state index is 0.180. The molecule has 2 aromatic carbocycles. The number of aryl methyl sites for hydroxylation is 1. The van der Waals surface area contributed by atoms with Gasteiger partial charge in [0.15, 0.2) is 0 Å². The number of rotatable bonds is 13. The summed E-state index contributed by atoms with van der Waals surface area (Å²) in [6, 6.07) is 15.5. The Morgan fingerprint density at radius 3 is 2.15 bits per heavy atom. The minimum atomic E-state index is -0.875. The Morgan fingerprint density at radius 2 is 1.59 bits per heavy atom. The van der Waals surface area contributed by atoms with E-state index in [0.717, 1.165) is 29.5 Å². The van der Waals surface area contributed by atoms with Crippen LogP contribution in [0, 0.1) is 18.8 Å². The monoisotopic (exact) mass is 565 g/mol. The van der Waals surface area contributed by atoms with Crippen LogP contribution in [0.5, 0.6) is 0 Å². The molecule has 0 spiro atoms. The average Bonchev–Trinajstić information content (AvgIpc) is 2.90. The highest BCUT2D eigenvalue weighted by Gasteiger charge is 2.40. The molecule has 0 radical (unpaired) electrons. The lowest BCUT2D eigenvalue weighted by Crippen LogP contribution is -2.57. The van der Waals surface area contributed by atoms with Crippen LogP contribution in [0.3, 0.4) is 0 Å². The summed E-state index contributed by atoms with van der Waals surface area (Å²) < 4.78 is 5.53. The van der Waals surface area contributed by atoms with E-state index in [4.69, 9.17) is 4.74 Å². The number of nitrogens with zero attached hydrogens (tertiary/aromatic N) is 1. The first-order valence-corrected chi connectivity index (χ1v) is 14.9. The molecule has 2 rings (SSSR count). The van der Waals surface area contributed by atoms with Gasteiger partial charge in [-0.25, -0.2) is 4.79 Å². The molecule has 41 heavy (non-hydrogen) atoms. The molecule has 0 saturated carbocycles. The van der Waals surface area contributed by atoms with Crippen LogP contribution in [0.15, 0.2) is 54.6 Å². The third kappa shape index (κ3) is 10.9. The molecule has 4 unspecified atom stereocenters. The van der Waals surface area contributed by atoms with Gasteiger partial charge in [0.1, 0.15) is 17.7 Å². The van der Waals surface area contributed by atoms with Gasteiger partial charge in [-0.2, -0.15) is 0 Å². The van der Waals surface area contributed by atoms with Gasteiger partial charge >= 0.3 is 6.09 Å². The van der Waals surface area contributed by atoms with Crippen molar-refractivity contribution in [3.63, 3.8) is 0 Å². The SMILES string of the molecule is CCC(C)C(NC(=O)OC(C)(C)C)C(=O)N(C(C)CCC(C)C)C(C(=O)NCc1ccccc1)c1cccc(C)c1. The Bertz CT molecular complexity index is 1130. The van der Waals surface area contributed by atoms with Crippen molar-refractivity contribution in [2.75, 3.05) is 0 Å². The van der Waals surface area contributed by atoms with Gasteiger partial charge in [0.05, 0.1) is 0 Å². The molecule has 2 N–H and O–H groups in total. The van der Waals surface area contributed by atoms with Gasteiger partial charge in [-0.15, -0.1) is 0 Å². The topological polar surface area (TPSA) is 87.7 Å². The van der Waals surface area contributed by atoms with Crippen LogP contribution < -0.4 is 10.6 Å². The maximum absolute atomic E-state index is 14.6. The number of carbonyl (C=O) groups excluding carboxylic acids is 3. The summed E-state index contributed by atoms with van der Waals surface area (Å²) in [6.45, 7) is 17.9. The Balaban J connectivity index is 2.58. The fourth-order valence-electron chi connectivity index (χ4n) is 4.75. The Kier molecular flexibility index (Phi) is 12.9. The van der Waals surface area contributed by atoms with Gasteiger partial charge in [0.25, 0.3) is 0 Å². The number of alkyl carbamates (subject to hydrolysis) is 1. The fraction of sp³-hybridized carbons (Fsp3) is 0.559. The number of nitrogens with one attached hydrogen (secondary N) is 2. The zero-order valence-corrected chi connectivity index (χ0v) is 26.5. The van der Waals surface area contributed by atoms with Crippen molar-refractivity contribution in [3.05, 3.63) is 71.3 Å². The predicted molar refractivity (Wildman–Crippen MR) is 165 cm³/mol. The summed E-state index contributed by atoms with van der Waals surface area (Å²) in [5.41, 5.74) is 1.99. The van der Waals surface area contributed by atoms with Gasteiger partial charge in [-0.05, 0) is 70.4 Å². The first kappa shape index (κ1) is 33.9. The molecule has 0 saturated heterocycles. The summed E-state index contributed by atoms with van der Waals surface area (Å²) in [4.78, 5) is 43.3. The number of amides is 3. The van der Waals surface area contributed by atoms with Crippen LogP contribution in [-0.2, 0) is 20.9 Å². The Morgan fingerprint density at radius 1 is 0.927 bits per heavy atom. The Labute approximate surface area is 247 Å². The molecule has 0 aliphatic heterocycles. The van der Waals surface area contributed by atoms with E-state index in [0.29, 0.717) is 18.9 Å². The fourth-order valence-corrected chi connectivity index (χ4v) is 4.75. The molecule has 7 nitrogen and oxygen atoms in total. The lowest BCUT2D eigenvalue weighted by atomic mass is 9.93. The molecule has 7 heteroatoms. The second-order valence-corrected chi connectivity index (χ2v) is 12.6.